The Balaban J connectivity index is 1.60. The fraction of sp³-hybridized carbons (Fsp3) is 0.222. The highest BCUT2D eigenvalue weighted by atomic mass is 16.5. The number of imide groups is 1. The molecule has 1 fully saturated rings. The van der Waals surface area contributed by atoms with Crippen LogP contribution >= 0.6 is 0 Å². The van der Waals surface area contributed by atoms with E-state index in [2.05, 4.69) is 15.6 Å². The maximum absolute atomic E-state index is 12.5. The fourth-order valence-corrected chi connectivity index (χ4v) is 2.61. The average molecular weight is 354 g/mol. The van der Waals surface area contributed by atoms with Crippen LogP contribution in [0.5, 0.6) is 5.75 Å². The van der Waals surface area contributed by atoms with Gasteiger partial charge in [0, 0.05) is 18.9 Å². The Hall–Kier alpha value is -3.42. The molecule has 0 unspecified atom stereocenters. The van der Waals surface area contributed by atoms with E-state index in [0.29, 0.717) is 18.0 Å². The van der Waals surface area contributed by atoms with Crippen LogP contribution in [0, 0.1) is 0 Å². The number of ether oxygens (including phenoxy) is 1. The Morgan fingerprint density at radius 2 is 2.04 bits per heavy atom. The average Bonchev–Trinajstić information content (AvgIpc) is 2.94. The zero-order chi connectivity index (χ0) is 18.5. The summed E-state index contributed by atoms with van der Waals surface area (Å²) in [5.74, 6) is -0.173. The number of pyridine rings is 1. The number of methoxy groups -OCH3 is 1. The van der Waals surface area contributed by atoms with Gasteiger partial charge in [-0.2, -0.15) is 0 Å². The summed E-state index contributed by atoms with van der Waals surface area (Å²) in [6.45, 7) is 0.309. The van der Waals surface area contributed by atoms with Crippen LogP contribution in [0.1, 0.15) is 12.0 Å². The first kappa shape index (κ1) is 17.4. The number of rotatable bonds is 6. The zero-order valence-electron chi connectivity index (χ0n) is 14.1. The van der Waals surface area contributed by atoms with Gasteiger partial charge < -0.3 is 15.4 Å². The number of carbonyl (C=O) groups is 3. The Bertz CT molecular complexity index is 808. The molecule has 1 aliphatic rings. The van der Waals surface area contributed by atoms with Crippen LogP contribution in [-0.4, -0.2) is 36.0 Å². The molecule has 1 atom stereocenters. The first-order chi connectivity index (χ1) is 12.6. The van der Waals surface area contributed by atoms with Crippen LogP contribution in [0.4, 0.5) is 10.5 Å². The van der Waals surface area contributed by atoms with Gasteiger partial charge in [-0.3, -0.25) is 14.6 Å². The number of benzene rings is 1. The van der Waals surface area contributed by atoms with Gasteiger partial charge in [0.15, 0.2) is 0 Å². The van der Waals surface area contributed by atoms with Crippen LogP contribution in [0.3, 0.4) is 0 Å². The molecule has 26 heavy (non-hydrogen) atoms. The summed E-state index contributed by atoms with van der Waals surface area (Å²) in [7, 11) is 1.53. The van der Waals surface area contributed by atoms with Gasteiger partial charge in [0.2, 0.25) is 5.91 Å². The lowest BCUT2D eigenvalue weighted by atomic mass is 10.2. The minimum Gasteiger partial charge on any atom is -0.497 e. The van der Waals surface area contributed by atoms with Gasteiger partial charge in [0.05, 0.1) is 19.2 Å². The van der Waals surface area contributed by atoms with E-state index in [1.807, 2.05) is 6.07 Å². The van der Waals surface area contributed by atoms with E-state index >= 15 is 0 Å². The highest BCUT2D eigenvalue weighted by molar-refractivity contribution is 6.22. The lowest BCUT2D eigenvalue weighted by Crippen LogP contribution is -2.36. The smallest absolute Gasteiger partial charge is 0.329 e. The predicted molar refractivity (Wildman–Crippen MR) is 93.5 cm³/mol. The maximum atomic E-state index is 12.5. The number of nitrogens with zero attached hydrogens (tertiary/aromatic N) is 2. The number of urea groups is 1. The van der Waals surface area contributed by atoms with Gasteiger partial charge in [-0.1, -0.05) is 6.07 Å². The molecule has 1 aromatic carbocycles. The number of hydrogen-bond acceptors (Lipinski definition) is 5. The topological polar surface area (TPSA) is 101 Å². The van der Waals surface area contributed by atoms with Crippen LogP contribution in [0.2, 0.25) is 0 Å². The van der Waals surface area contributed by atoms with Crippen LogP contribution in [0.15, 0.2) is 48.8 Å². The van der Waals surface area contributed by atoms with Crippen molar-refractivity contribution in [2.24, 2.45) is 0 Å². The summed E-state index contributed by atoms with van der Waals surface area (Å²) in [6.07, 6.45) is 3.16. The third kappa shape index (κ3) is 3.80. The van der Waals surface area contributed by atoms with E-state index in [0.717, 1.165) is 10.5 Å². The molecule has 3 rings (SSSR count). The predicted octanol–water partition coefficient (Wildman–Crippen LogP) is 1.22. The summed E-state index contributed by atoms with van der Waals surface area (Å²) in [6, 6.07) is 8.70. The molecule has 4 amide bonds. The van der Waals surface area contributed by atoms with Gasteiger partial charge in [-0.25, -0.2) is 9.69 Å². The van der Waals surface area contributed by atoms with E-state index in [1.54, 1.807) is 42.7 Å². The minimum atomic E-state index is -0.890. The van der Waals surface area contributed by atoms with E-state index < -0.39 is 18.0 Å². The van der Waals surface area contributed by atoms with E-state index in [-0.39, 0.29) is 12.3 Å². The molecule has 0 bridgehead atoms. The molecule has 8 nitrogen and oxygen atoms in total. The van der Waals surface area contributed by atoms with Crippen LogP contribution < -0.4 is 20.3 Å². The molecule has 0 radical (unpaired) electrons. The normalized spacial score (nSPS) is 16.3. The van der Waals surface area contributed by atoms with Crippen molar-refractivity contribution >= 4 is 23.5 Å². The number of anilines is 1. The Kier molecular flexibility index (Phi) is 5.12. The quantitative estimate of drug-likeness (QED) is 0.760. The minimum absolute atomic E-state index is 0.127. The molecule has 8 heteroatoms. The van der Waals surface area contributed by atoms with Crippen molar-refractivity contribution in [3.8, 4) is 5.75 Å². The molecule has 1 saturated heterocycles. The molecule has 2 aromatic rings. The number of hydrogen-bond donors (Lipinski definition) is 2. The first-order valence-electron chi connectivity index (χ1n) is 8.02. The highest BCUT2D eigenvalue weighted by Crippen LogP contribution is 2.23. The highest BCUT2D eigenvalue weighted by Gasteiger charge is 2.39. The second kappa shape index (κ2) is 7.64. The number of aromatic nitrogens is 1. The van der Waals surface area contributed by atoms with E-state index in [9.17, 15) is 14.4 Å². The summed E-state index contributed by atoms with van der Waals surface area (Å²) in [5, 5.41) is 5.26. The molecule has 0 saturated carbocycles. The maximum Gasteiger partial charge on any atom is 0.329 e. The third-order valence-corrected chi connectivity index (χ3v) is 3.95. The van der Waals surface area contributed by atoms with Crippen molar-refractivity contribution in [2.45, 2.75) is 19.0 Å². The van der Waals surface area contributed by atoms with Crippen molar-refractivity contribution in [2.75, 3.05) is 12.0 Å². The van der Waals surface area contributed by atoms with Crippen molar-refractivity contribution in [3.63, 3.8) is 0 Å². The van der Waals surface area contributed by atoms with Gasteiger partial charge in [-0.15, -0.1) is 0 Å². The Labute approximate surface area is 150 Å². The van der Waals surface area contributed by atoms with Crippen molar-refractivity contribution in [1.29, 1.82) is 0 Å². The SMILES string of the molecule is COc1ccc(N2C(=O)N[C@H](CC(=O)NCc3cccnc3)C2=O)cc1. The summed E-state index contributed by atoms with van der Waals surface area (Å²) in [5.41, 5.74) is 1.27. The van der Waals surface area contributed by atoms with Crippen LogP contribution in [0.25, 0.3) is 0 Å². The molecular formula is C18H18N4O4. The monoisotopic (exact) mass is 354 g/mol. The summed E-state index contributed by atoms with van der Waals surface area (Å²) in [4.78, 5) is 41.7. The van der Waals surface area contributed by atoms with Gasteiger partial charge in [0.1, 0.15) is 11.8 Å². The summed E-state index contributed by atoms with van der Waals surface area (Å²) < 4.78 is 5.06. The molecule has 2 N–H and O–H groups in total. The van der Waals surface area contributed by atoms with Gasteiger partial charge in [0.25, 0.3) is 5.91 Å². The zero-order valence-corrected chi connectivity index (χ0v) is 14.1. The molecule has 1 aliphatic heterocycles. The fourth-order valence-electron chi connectivity index (χ4n) is 2.61. The standard InChI is InChI=1S/C18H18N4O4/c1-26-14-6-4-13(5-7-14)22-17(24)15(21-18(22)25)9-16(23)20-11-12-3-2-8-19-10-12/h2-8,10,15H,9,11H2,1H3,(H,20,23)(H,21,25)/t15-/m1/s1. The Morgan fingerprint density at radius 3 is 2.69 bits per heavy atom. The van der Waals surface area contributed by atoms with E-state index in [1.165, 1.54) is 7.11 Å². The first-order valence-corrected chi connectivity index (χ1v) is 8.02. The molecule has 0 aliphatic carbocycles. The lowest BCUT2D eigenvalue weighted by Gasteiger charge is -2.13. The molecular weight excluding hydrogens is 336 g/mol. The van der Waals surface area contributed by atoms with Gasteiger partial charge >= 0.3 is 6.03 Å². The van der Waals surface area contributed by atoms with Gasteiger partial charge in [-0.05, 0) is 35.9 Å². The molecule has 134 valence electrons. The second-order valence-electron chi connectivity index (χ2n) is 5.72. The number of carbonyl (C=O) groups excluding carboxylic acids is 3. The number of amides is 4. The molecule has 1 aromatic heterocycles. The molecule has 0 spiro atoms. The van der Waals surface area contributed by atoms with Crippen molar-refractivity contribution in [1.82, 2.24) is 15.6 Å². The Morgan fingerprint density at radius 1 is 1.27 bits per heavy atom. The van der Waals surface area contributed by atoms with Crippen molar-refractivity contribution < 1.29 is 19.1 Å². The molecule has 2 heterocycles. The lowest BCUT2D eigenvalue weighted by molar-refractivity contribution is -0.125. The number of nitrogens with one attached hydrogen (secondary N) is 2. The van der Waals surface area contributed by atoms with Crippen molar-refractivity contribution in [3.05, 3.63) is 54.4 Å². The second-order valence-corrected chi connectivity index (χ2v) is 5.72. The largest absolute Gasteiger partial charge is 0.497 e. The van der Waals surface area contributed by atoms with E-state index in [4.69, 9.17) is 4.74 Å². The van der Waals surface area contributed by atoms with Crippen LogP contribution in [-0.2, 0) is 16.1 Å². The summed E-state index contributed by atoms with van der Waals surface area (Å²) >= 11 is 0. The third-order valence-electron chi connectivity index (χ3n) is 3.95.